The first kappa shape index (κ1) is 12.7. The molecule has 15 heavy (non-hydrogen) atoms. The van der Waals surface area contributed by atoms with E-state index in [1.165, 1.54) is 5.69 Å². The van der Waals surface area contributed by atoms with Gasteiger partial charge >= 0.3 is 0 Å². The second-order valence-electron chi connectivity index (χ2n) is 3.50. The molecule has 0 atom stereocenters. The average molecular weight is 245 g/mol. The zero-order valence-electron chi connectivity index (χ0n) is 9.46. The number of rotatable bonds is 5. The molecule has 0 aliphatic heterocycles. The summed E-state index contributed by atoms with van der Waals surface area (Å²) in [6.45, 7) is 3.04. The highest BCUT2D eigenvalue weighted by atomic mass is 35.5. The molecule has 0 N–H and O–H groups in total. The molecule has 1 aromatic heterocycles. The Morgan fingerprint density at radius 1 is 1.53 bits per heavy atom. The number of aromatic nitrogens is 1. The molecule has 0 radical (unpaired) electrons. The SMILES string of the molecule is CSCCN(C)c1cc(C)ncc1CCl. The quantitative estimate of drug-likeness (QED) is 0.741. The smallest absolute Gasteiger partial charge is 0.0509 e. The molecule has 0 aliphatic carbocycles. The lowest BCUT2D eigenvalue weighted by Crippen LogP contribution is -2.21. The fraction of sp³-hybridized carbons (Fsp3) is 0.545. The summed E-state index contributed by atoms with van der Waals surface area (Å²) in [4.78, 5) is 6.50. The summed E-state index contributed by atoms with van der Waals surface area (Å²) in [5.74, 6) is 1.64. The van der Waals surface area contributed by atoms with Crippen LogP contribution in [0.2, 0.25) is 0 Å². The van der Waals surface area contributed by atoms with Crippen molar-refractivity contribution in [3.05, 3.63) is 23.5 Å². The van der Waals surface area contributed by atoms with Gasteiger partial charge < -0.3 is 4.90 Å². The van der Waals surface area contributed by atoms with Gasteiger partial charge in [0, 0.05) is 42.5 Å². The average Bonchev–Trinajstić information content (AvgIpc) is 2.25. The minimum atomic E-state index is 0.520. The van der Waals surface area contributed by atoms with Crippen LogP contribution in [0.3, 0.4) is 0 Å². The van der Waals surface area contributed by atoms with Crippen molar-refractivity contribution in [2.24, 2.45) is 0 Å². The van der Waals surface area contributed by atoms with E-state index in [0.717, 1.165) is 23.6 Å². The van der Waals surface area contributed by atoms with E-state index in [4.69, 9.17) is 11.6 Å². The van der Waals surface area contributed by atoms with Gasteiger partial charge in [0.15, 0.2) is 0 Å². The van der Waals surface area contributed by atoms with Crippen molar-refractivity contribution < 1.29 is 0 Å². The summed E-state index contributed by atoms with van der Waals surface area (Å²) in [7, 11) is 2.10. The van der Waals surface area contributed by atoms with Crippen molar-refractivity contribution in [1.82, 2.24) is 4.98 Å². The second-order valence-corrected chi connectivity index (χ2v) is 4.76. The third kappa shape index (κ3) is 3.58. The summed E-state index contributed by atoms with van der Waals surface area (Å²) in [6, 6.07) is 2.10. The van der Waals surface area contributed by atoms with Crippen LogP contribution in [-0.4, -0.2) is 30.6 Å². The van der Waals surface area contributed by atoms with E-state index in [2.05, 4.69) is 29.3 Å². The molecule has 84 valence electrons. The van der Waals surface area contributed by atoms with Crippen LogP contribution >= 0.6 is 23.4 Å². The van der Waals surface area contributed by atoms with Crippen molar-refractivity contribution in [1.29, 1.82) is 0 Å². The number of hydrogen-bond acceptors (Lipinski definition) is 3. The normalized spacial score (nSPS) is 10.4. The number of aryl methyl sites for hydroxylation is 1. The number of halogens is 1. The molecule has 0 fully saturated rings. The standard InChI is InChI=1S/C11H17ClN2S/c1-9-6-11(10(7-12)8-13-9)14(2)4-5-15-3/h6,8H,4-5,7H2,1-3H3. The molecule has 1 aromatic rings. The van der Waals surface area contributed by atoms with Gasteiger partial charge in [-0.1, -0.05) is 0 Å². The Labute approximate surface area is 101 Å². The Bertz CT molecular complexity index is 317. The van der Waals surface area contributed by atoms with Crippen LogP contribution in [0.4, 0.5) is 5.69 Å². The molecule has 0 saturated carbocycles. The molecule has 0 aromatic carbocycles. The summed E-state index contributed by atoms with van der Waals surface area (Å²) < 4.78 is 0. The Hall–Kier alpha value is -0.410. The van der Waals surface area contributed by atoms with E-state index in [-0.39, 0.29) is 0 Å². The van der Waals surface area contributed by atoms with Crippen molar-refractivity contribution in [2.75, 3.05) is 30.5 Å². The fourth-order valence-corrected chi connectivity index (χ4v) is 2.04. The maximum atomic E-state index is 5.89. The van der Waals surface area contributed by atoms with Crippen LogP contribution in [0.25, 0.3) is 0 Å². The molecular weight excluding hydrogens is 228 g/mol. The monoisotopic (exact) mass is 244 g/mol. The third-order valence-corrected chi connectivity index (χ3v) is 3.16. The van der Waals surface area contributed by atoms with Crippen LogP contribution in [0.5, 0.6) is 0 Å². The van der Waals surface area contributed by atoms with Gasteiger partial charge in [-0.3, -0.25) is 4.98 Å². The van der Waals surface area contributed by atoms with Gasteiger partial charge in [0.05, 0.1) is 5.88 Å². The molecule has 1 heterocycles. The number of pyridine rings is 1. The Morgan fingerprint density at radius 2 is 2.27 bits per heavy atom. The second kappa shape index (κ2) is 6.23. The fourth-order valence-electron chi connectivity index (χ4n) is 1.38. The predicted octanol–water partition coefficient (Wildman–Crippen LogP) is 2.93. The number of anilines is 1. The number of nitrogens with zero attached hydrogens (tertiary/aromatic N) is 2. The van der Waals surface area contributed by atoms with Gasteiger partial charge in [-0.15, -0.1) is 11.6 Å². The largest absolute Gasteiger partial charge is 0.373 e. The maximum absolute atomic E-state index is 5.89. The van der Waals surface area contributed by atoms with Crippen LogP contribution in [0.1, 0.15) is 11.3 Å². The summed E-state index contributed by atoms with van der Waals surface area (Å²) in [5.41, 5.74) is 3.34. The van der Waals surface area contributed by atoms with Gasteiger partial charge in [-0.2, -0.15) is 11.8 Å². The molecule has 2 nitrogen and oxygen atoms in total. The highest BCUT2D eigenvalue weighted by Crippen LogP contribution is 2.21. The molecule has 0 aliphatic rings. The minimum Gasteiger partial charge on any atom is -0.373 e. The van der Waals surface area contributed by atoms with Crippen molar-refractivity contribution in [3.8, 4) is 0 Å². The lowest BCUT2D eigenvalue weighted by molar-refractivity contribution is 0.958. The van der Waals surface area contributed by atoms with E-state index in [1.54, 1.807) is 0 Å². The molecule has 0 bridgehead atoms. The zero-order chi connectivity index (χ0) is 11.3. The van der Waals surface area contributed by atoms with Gasteiger partial charge in [-0.05, 0) is 19.2 Å². The maximum Gasteiger partial charge on any atom is 0.0509 e. The molecule has 1 rings (SSSR count). The van der Waals surface area contributed by atoms with Crippen molar-refractivity contribution in [2.45, 2.75) is 12.8 Å². The summed E-state index contributed by atoms with van der Waals surface area (Å²) >= 11 is 7.74. The first-order valence-corrected chi connectivity index (χ1v) is 6.83. The predicted molar refractivity (Wildman–Crippen MR) is 70.2 cm³/mol. The molecule has 4 heteroatoms. The first-order chi connectivity index (χ1) is 7.19. The van der Waals surface area contributed by atoms with E-state index in [9.17, 15) is 0 Å². The van der Waals surface area contributed by atoms with E-state index in [1.807, 2.05) is 24.9 Å². The van der Waals surface area contributed by atoms with Gasteiger partial charge in [0.2, 0.25) is 0 Å². The lowest BCUT2D eigenvalue weighted by atomic mass is 10.2. The molecular formula is C11H17ClN2S. The van der Waals surface area contributed by atoms with Crippen LogP contribution in [0.15, 0.2) is 12.3 Å². The molecule has 0 saturated heterocycles. The minimum absolute atomic E-state index is 0.520. The third-order valence-electron chi connectivity index (χ3n) is 2.28. The highest BCUT2D eigenvalue weighted by Gasteiger charge is 2.07. The Balaban J connectivity index is 2.85. The van der Waals surface area contributed by atoms with E-state index < -0.39 is 0 Å². The van der Waals surface area contributed by atoms with Crippen molar-refractivity contribution in [3.63, 3.8) is 0 Å². The van der Waals surface area contributed by atoms with Crippen molar-refractivity contribution >= 4 is 29.1 Å². The topological polar surface area (TPSA) is 16.1 Å². The lowest BCUT2D eigenvalue weighted by Gasteiger charge is -2.21. The van der Waals surface area contributed by atoms with E-state index in [0.29, 0.717) is 5.88 Å². The van der Waals surface area contributed by atoms with Crippen LogP contribution in [-0.2, 0) is 5.88 Å². The van der Waals surface area contributed by atoms with E-state index >= 15 is 0 Å². The van der Waals surface area contributed by atoms with Gasteiger partial charge in [0.1, 0.15) is 0 Å². The molecule has 0 spiro atoms. The summed E-state index contributed by atoms with van der Waals surface area (Å²) in [6.07, 6.45) is 3.99. The Kier molecular flexibility index (Phi) is 5.26. The van der Waals surface area contributed by atoms with Gasteiger partial charge in [-0.25, -0.2) is 0 Å². The molecule has 0 unspecified atom stereocenters. The Morgan fingerprint density at radius 3 is 2.87 bits per heavy atom. The number of thioether (sulfide) groups is 1. The highest BCUT2D eigenvalue weighted by molar-refractivity contribution is 7.98. The van der Waals surface area contributed by atoms with Crippen LogP contribution in [0, 0.1) is 6.92 Å². The number of hydrogen-bond donors (Lipinski definition) is 0. The molecule has 0 amide bonds. The summed E-state index contributed by atoms with van der Waals surface area (Å²) in [5, 5.41) is 0. The zero-order valence-corrected chi connectivity index (χ0v) is 11.0. The van der Waals surface area contributed by atoms with Gasteiger partial charge in [0.25, 0.3) is 0 Å². The first-order valence-electron chi connectivity index (χ1n) is 4.90. The van der Waals surface area contributed by atoms with Crippen LogP contribution < -0.4 is 4.90 Å². The number of alkyl halides is 1.